The van der Waals surface area contributed by atoms with E-state index in [-0.39, 0.29) is 17.3 Å². The quantitative estimate of drug-likeness (QED) is 0.182. The minimum atomic E-state index is -4.53. The van der Waals surface area contributed by atoms with Crippen molar-refractivity contribution in [3.05, 3.63) is 66.6 Å². The highest BCUT2D eigenvalue weighted by molar-refractivity contribution is 7.52. The van der Waals surface area contributed by atoms with E-state index in [1.54, 1.807) is 54.6 Å². The lowest BCUT2D eigenvalue weighted by atomic mass is 9.96. The molecule has 15 heteroatoms. The monoisotopic (exact) mass is 568 g/mol. The summed E-state index contributed by atoms with van der Waals surface area (Å²) in [5.41, 5.74) is 4.32. The van der Waals surface area contributed by atoms with Crippen molar-refractivity contribution in [1.29, 1.82) is 5.26 Å². The van der Waals surface area contributed by atoms with E-state index in [9.17, 15) is 29.9 Å². The molecule has 1 aliphatic heterocycles. The number of anilines is 1. The van der Waals surface area contributed by atoms with Gasteiger partial charge in [-0.05, 0) is 30.5 Å². The molecule has 0 bridgehead atoms. The number of aromatic nitrogens is 3. The van der Waals surface area contributed by atoms with Crippen LogP contribution in [0.5, 0.6) is 5.75 Å². The summed E-state index contributed by atoms with van der Waals surface area (Å²) in [4.78, 5) is 15.5. The summed E-state index contributed by atoms with van der Waals surface area (Å²) in [6.45, 7) is 0.372. The first kappa shape index (κ1) is 27.5. The molecule has 14 nitrogen and oxygen atoms in total. The van der Waals surface area contributed by atoms with E-state index in [0.29, 0.717) is 10.9 Å². The van der Waals surface area contributed by atoms with Crippen LogP contribution >= 0.6 is 7.75 Å². The first-order valence-corrected chi connectivity index (χ1v) is 13.6. The van der Waals surface area contributed by atoms with Crippen molar-refractivity contribution in [1.82, 2.24) is 19.7 Å². The maximum Gasteiger partial charge on any atom is 0.459 e. The van der Waals surface area contributed by atoms with Gasteiger partial charge in [0.1, 0.15) is 54.6 Å². The number of carboxylic acids is 1. The molecule has 40 heavy (non-hydrogen) atoms. The number of aliphatic carboxylic acids is 1. The molecule has 0 aliphatic carbocycles. The molecule has 0 spiro atoms. The third-order valence-corrected chi connectivity index (χ3v) is 8.19. The second-order valence-corrected chi connectivity index (χ2v) is 10.9. The van der Waals surface area contributed by atoms with Crippen LogP contribution in [-0.2, 0) is 18.6 Å². The van der Waals surface area contributed by atoms with Crippen LogP contribution in [0, 0.1) is 11.3 Å². The lowest BCUT2D eigenvalue weighted by Gasteiger charge is -2.28. The molecule has 6 atom stereocenters. The zero-order chi connectivity index (χ0) is 28.7. The van der Waals surface area contributed by atoms with Gasteiger partial charge in [-0.1, -0.05) is 36.4 Å². The molecule has 1 aliphatic rings. The third-order valence-electron chi connectivity index (χ3n) is 6.58. The Morgan fingerprint density at radius 2 is 2.02 bits per heavy atom. The highest BCUT2D eigenvalue weighted by Crippen LogP contribution is 2.49. The summed E-state index contributed by atoms with van der Waals surface area (Å²) >= 11 is 0. The van der Waals surface area contributed by atoms with E-state index in [1.165, 1.54) is 23.8 Å². The fourth-order valence-corrected chi connectivity index (χ4v) is 5.99. The molecule has 1 fully saturated rings. The summed E-state index contributed by atoms with van der Waals surface area (Å²) in [5, 5.41) is 49.0. The highest BCUT2D eigenvalue weighted by atomic mass is 31.2. The summed E-state index contributed by atoms with van der Waals surface area (Å²) in [7, 11) is -4.53. The van der Waals surface area contributed by atoms with Gasteiger partial charge in [0.25, 0.3) is 0 Å². The second kappa shape index (κ2) is 10.5. The molecule has 0 radical (unpaired) electrons. The van der Waals surface area contributed by atoms with Crippen LogP contribution in [0.3, 0.4) is 0 Å². The topological polar surface area (TPSA) is 215 Å². The van der Waals surface area contributed by atoms with Crippen LogP contribution in [0.4, 0.5) is 5.82 Å². The minimum absolute atomic E-state index is 0.125. The summed E-state index contributed by atoms with van der Waals surface area (Å²) in [6, 6.07) is 15.6. The van der Waals surface area contributed by atoms with Gasteiger partial charge < -0.3 is 30.3 Å². The molecule has 6 N–H and O–H groups in total. The Labute approximate surface area is 227 Å². The van der Waals surface area contributed by atoms with Gasteiger partial charge in [-0.15, -0.1) is 0 Å². The Morgan fingerprint density at radius 3 is 2.77 bits per heavy atom. The Balaban J connectivity index is 1.45. The molecule has 0 amide bonds. The van der Waals surface area contributed by atoms with Gasteiger partial charge in [0.2, 0.25) is 5.60 Å². The molecule has 2 aromatic heterocycles. The van der Waals surface area contributed by atoms with Crippen LogP contribution in [0.1, 0.15) is 18.7 Å². The number of nitrogens with two attached hydrogens (primary N) is 1. The second-order valence-electron chi connectivity index (χ2n) is 9.20. The lowest BCUT2D eigenvalue weighted by Crippen LogP contribution is -2.46. The number of nitriles is 1. The molecule has 4 aromatic rings. The number of benzene rings is 2. The number of rotatable bonds is 9. The number of carboxylic acid groups (broad SMARTS) is 1. The Morgan fingerprint density at radius 1 is 1.27 bits per heavy atom. The van der Waals surface area contributed by atoms with Crippen LogP contribution in [0.25, 0.3) is 16.3 Å². The molecule has 3 heterocycles. The van der Waals surface area contributed by atoms with E-state index >= 15 is 0 Å². The fourth-order valence-electron chi connectivity index (χ4n) is 4.44. The minimum Gasteiger partial charge on any atom is -0.480 e. The van der Waals surface area contributed by atoms with Crippen molar-refractivity contribution >= 4 is 35.8 Å². The number of ether oxygens (including phenoxy) is 1. The third kappa shape index (κ3) is 4.86. The molecule has 208 valence electrons. The first-order chi connectivity index (χ1) is 19.1. The van der Waals surface area contributed by atoms with Crippen molar-refractivity contribution in [2.24, 2.45) is 0 Å². The summed E-state index contributed by atoms with van der Waals surface area (Å²) in [6.07, 6.45) is -3.52. The van der Waals surface area contributed by atoms with Crippen molar-refractivity contribution in [2.75, 3.05) is 12.3 Å². The fraction of sp³-hybridized carbons (Fsp3) is 0.280. The van der Waals surface area contributed by atoms with Crippen LogP contribution in [-0.4, -0.2) is 66.3 Å². The molecular formula is C25H25N6O8P. The van der Waals surface area contributed by atoms with Crippen LogP contribution in [0.2, 0.25) is 0 Å². The Kier molecular flexibility index (Phi) is 7.19. The molecular weight excluding hydrogens is 543 g/mol. The van der Waals surface area contributed by atoms with Crippen molar-refractivity contribution in [2.45, 2.75) is 36.9 Å². The number of fused-ring (bicyclic) bond motifs is 2. The van der Waals surface area contributed by atoms with Gasteiger partial charge in [0, 0.05) is 5.39 Å². The predicted molar refractivity (Wildman–Crippen MR) is 140 cm³/mol. The van der Waals surface area contributed by atoms with E-state index in [2.05, 4.69) is 15.2 Å². The van der Waals surface area contributed by atoms with Gasteiger partial charge in [-0.25, -0.2) is 14.1 Å². The van der Waals surface area contributed by atoms with Crippen molar-refractivity contribution < 1.29 is 38.5 Å². The standard InChI is InChI=1S/C25H25N6O8P/c1-14(24(34)35)30-40(36,39-19-8-4-6-15-5-2-3-7-16(15)19)37-12-25(11-26)22(33)20(32)21(38-25)17-9-10-18-23(27)28-13-29-31(17)18/h2-10,13-14,20-22,32-33H,12H2,1H3,(H,30,36)(H,34,35)(H2,27,28,29)/t14?,20-,21-,22-,25+,40?/m0/s1. The highest BCUT2D eigenvalue weighted by Gasteiger charge is 2.57. The summed E-state index contributed by atoms with van der Waals surface area (Å²) < 4.78 is 32.4. The van der Waals surface area contributed by atoms with Gasteiger partial charge in [-0.2, -0.15) is 15.4 Å². The molecule has 5 rings (SSSR count). The molecule has 2 unspecified atom stereocenters. The molecule has 0 saturated carbocycles. The average molecular weight is 568 g/mol. The summed E-state index contributed by atoms with van der Waals surface area (Å²) in [5.74, 6) is -1.05. The smallest absolute Gasteiger partial charge is 0.459 e. The number of aliphatic hydroxyl groups excluding tert-OH is 2. The van der Waals surface area contributed by atoms with E-state index in [1.807, 2.05) is 0 Å². The van der Waals surface area contributed by atoms with Crippen LogP contribution < -0.4 is 15.3 Å². The number of nitrogen functional groups attached to an aromatic ring is 1. The Bertz CT molecular complexity index is 1670. The normalized spacial score (nSPS) is 24.9. The van der Waals surface area contributed by atoms with Gasteiger partial charge >= 0.3 is 13.7 Å². The van der Waals surface area contributed by atoms with Crippen molar-refractivity contribution in [3.63, 3.8) is 0 Å². The zero-order valence-electron chi connectivity index (χ0n) is 21.0. The van der Waals surface area contributed by atoms with Crippen molar-refractivity contribution in [3.8, 4) is 11.8 Å². The van der Waals surface area contributed by atoms with E-state index in [0.717, 1.165) is 5.39 Å². The SMILES string of the molecule is CC(NP(=O)(OC[C@@]1(C#N)O[C@@H](c2ccc3c(N)ncnn23)[C@H](O)[C@@H]1O)Oc1cccc2ccccc12)C(=O)O. The number of aliphatic hydroxyl groups is 2. The maximum absolute atomic E-state index is 13.9. The maximum atomic E-state index is 13.9. The van der Waals surface area contributed by atoms with Gasteiger partial charge in [0.05, 0.1) is 5.69 Å². The number of hydrogen-bond acceptors (Lipinski definition) is 11. The van der Waals surface area contributed by atoms with E-state index in [4.69, 9.17) is 19.5 Å². The Hall–Kier alpha value is -4.09. The molecule has 1 saturated heterocycles. The van der Waals surface area contributed by atoms with Gasteiger partial charge in [-0.3, -0.25) is 9.32 Å². The van der Waals surface area contributed by atoms with Crippen LogP contribution in [0.15, 0.2) is 60.9 Å². The first-order valence-electron chi connectivity index (χ1n) is 12.0. The number of nitrogens with zero attached hydrogens (tertiary/aromatic N) is 4. The van der Waals surface area contributed by atoms with Gasteiger partial charge in [0.15, 0.2) is 5.82 Å². The molecule has 2 aromatic carbocycles. The number of nitrogens with one attached hydrogen (secondary N) is 1. The lowest BCUT2D eigenvalue weighted by molar-refractivity contribution is -0.138. The van der Waals surface area contributed by atoms with E-state index < -0.39 is 50.3 Å². The number of hydrogen-bond donors (Lipinski definition) is 5. The average Bonchev–Trinajstić information content (AvgIpc) is 3.48. The largest absolute Gasteiger partial charge is 0.480 e. The zero-order valence-corrected chi connectivity index (χ0v) is 21.9. The number of carbonyl (C=O) groups is 1. The predicted octanol–water partition coefficient (Wildman–Crippen LogP) is 1.79.